The second-order valence-corrected chi connectivity index (χ2v) is 7.16. The SMILES string of the molecule is C[n+]1ccc(CCc2ccccc2NNC(=O)C(=O)NCc2cc[n+](C)cc2)cc1. The van der Waals surface area contributed by atoms with Crippen LogP contribution in [0.2, 0.25) is 0 Å². The number of nitrogens with zero attached hydrogens (tertiary/aromatic N) is 2. The topological polar surface area (TPSA) is 78.0 Å². The molecule has 7 heteroatoms. The molecule has 3 aromatic rings. The van der Waals surface area contributed by atoms with E-state index in [9.17, 15) is 9.59 Å². The summed E-state index contributed by atoms with van der Waals surface area (Å²) in [7, 11) is 3.90. The first kappa shape index (κ1) is 21.0. The van der Waals surface area contributed by atoms with Gasteiger partial charge in [0.05, 0.1) is 5.69 Å². The van der Waals surface area contributed by atoms with Gasteiger partial charge in [-0.3, -0.25) is 20.4 Å². The van der Waals surface area contributed by atoms with Crippen LogP contribution in [-0.4, -0.2) is 11.8 Å². The van der Waals surface area contributed by atoms with Crippen LogP contribution in [-0.2, 0) is 43.1 Å². The average Bonchev–Trinajstić information content (AvgIpc) is 2.77. The van der Waals surface area contributed by atoms with E-state index in [0.717, 1.165) is 29.7 Å². The van der Waals surface area contributed by atoms with Gasteiger partial charge in [0, 0.05) is 30.8 Å². The molecule has 0 spiro atoms. The lowest BCUT2D eigenvalue weighted by molar-refractivity contribution is -0.671. The highest BCUT2D eigenvalue weighted by Gasteiger charge is 2.13. The van der Waals surface area contributed by atoms with Crippen LogP contribution in [0, 0.1) is 0 Å². The maximum absolute atomic E-state index is 12.1. The Balaban J connectivity index is 1.50. The number of hydrazine groups is 1. The number of aromatic nitrogens is 2. The van der Waals surface area contributed by atoms with Crippen molar-refractivity contribution in [3.05, 3.63) is 90.0 Å². The Kier molecular flexibility index (Phi) is 7.10. The molecular formula is C23H27N5O2+2. The molecule has 1 aromatic carbocycles. The quantitative estimate of drug-likeness (QED) is 0.310. The van der Waals surface area contributed by atoms with E-state index in [4.69, 9.17) is 0 Å². The molecule has 0 atom stereocenters. The Hall–Kier alpha value is -3.74. The number of pyridine rings is 2. The summed E-state index contributed by atoms with van der Waals surface area (Å²) in [5.74, 6) is -1.42. The molecule has 0 aliphatic heterocycles. The number of nitrogens with one attached hydrogen (secondary N) is 3. The molecule has 3 N–H and O–H groups in total. The molecule has 2 amide bonds. The second kappa shape index (κ2) is 10.2. The predicted octanol–water partition coefficient (Wildman–Crippen LogP) is 0.880. The number of amides is 2. The molecule has 30 heavy (non-hydrogen) atoms. The van der Waals surface area contributed by atoms with Crippen molar-refractivity contribution in [2.75, 3.05) is 5.43 Å². The maximum Gasteiger partial charge on any atom is 0.327 e. The lowest BCUT2D eigenvalue weighted by Crippen LogP contribution is -2.42. The Morgan fingerprint density at radius 3 is 2.03 bits per heavy atom. The second-order valence-electron chi connectivity index (χ2n) is 7.16. The molecule has 0 bridgehead atoms. The van der Waals surface area contributed by atoms with Crippen LogP contribution >= 0.6 is 0 Å². The van der Waals surface area contributed by atoms with Crippen molar-refractivity contribution in [1.29, 1.82) is 0 Å². The third kappa shape index (κ3) is 6.13. The van der Waals surface area contributed by atoms with Crippen molar-refractivity contribution >= 4 is 17.5 Å². The molecule has 0 saturated heterocycles. The van der Waals surface area contributed by atoms with Crippen LogP contribution in [0.3, 0.4) is 0 Å². The summed E-state index contributed by atoms with van der Waals surface area (Å²) in [5, 5.41) is 2.62. The standard InChI is InChI=1S/C23H25N5O2/c1-27-13-9-18(10-14-27)7-8-20-5-3-4-6-21(20)25-26-23(30)22(29)24-17-19-11-15-28(2)16-12-19/h3-6,9-16H,7-8,17H2,1-2H3,(H-2,24,25,26,29,30)/p+2. The van der Waals surface area contributed by atoms with Crippen molar-refractivity contribution in [3.63, 3.8) is 0 Å². The summed E-state index contributed by atoms with van der Waals surface area (Å²) in [5.41, 5.74) is 9.35. The Morgan fingerprint density at radius 2 is 1.37 bits per heavy atom. The number of hydrogen-bond acceptors (Lipinski definition) is 3. The van der Waals surface area contributed by atoms with E-state index in [1.807, 2.05) is 84.4 Å². The number of benzene rings is 1. The smallest absolute Gasteiger partial charge is 0.327 e. The van der Waals surface area contributed by atoms with Crippen molar-refractivity contribution in [2.24, 2.45) is 14.1 Å². The Labute approximate surface area is 176 Å². The molecule has 0 fully saturated rings. The minimum Gasteiger partial charge on any atom is -0.344 e. The van der Waals surface area contributed by atoms with Crippen LogP contribution in [0.4, 0.5) is 5.69 Å². The largest absolute Gasteiger partial charge is 0.344 e. The minimum atomic E-state index is -0.734. The van der Waals surface area contributed by atoms with Crippen molar-refractivity contribution in [3.8, 4) is 0 Å². The number of carbonyl (C=O) groups is 2. The van der Waals surface area contributed by atoms with Gasteiger partial charge in [-0.05, 0) is 35.6 Å². The van der Waals surface area contributed by atoms with E-state index in [-0.39, 0.29) is 0 Å². The van der Waals surface area contributed by atoms with Gasteiger partial charge in [0.1, 0.15) is 14.1 Å². The molecule has 0 aliphatic carbocycles. The summed E-state index contributed by atoms with van der Waals surface area (Å²) in [4.78, 5) is 24.2. The monoisotopic (exact) mass is 405 g/mol. The highest BCUT2D eigenvalue weighted by Crippen LogP contribution is 2.16. The highest BCUT2D eigenvalue weighted by atomic mass is 16.2. The summed E-state index contributed by atoms with van der Waals surface area (Å²) in [6, 6.07) is 15.7. The summed E-state index contributed by atoms with van der Waals surface area (Å²) < 4.78 is 3.90. The van der Waals surface area contributed by atoms with Crippen molar-refractivity contribution < 1.29 is 18.7 Å². The van der Waals surface area contributed by atoms with E-state index in [0.29, 0.717) is 6.54 Å². The van der Waals surface area contributed by atoms with E-state index in [1.165, 1.54) is 5.56 Å². The molecule has 7 nitrogen and oxygen atoms in total. The van der Waals surface area contributed by atoms with Gasteiger partial charge in [-0.1, -0.05) is 18.2 Å². The third-order valence-corrected chi connectivity index (χ3v) is 4.77. The minimum absolute atomic E-state index is 0.290. The first-order chi connectivity index (χ1) is 14.5. The number of rotatable bonds is 7. The van der Waals surface area contributed by atoms with Gasteiger partial charge >= 0.3 is 11.8 Å². The molecule has 0 radical (unpaired) electrons. The van der Waals surface area contributed by atoms with Gasteiger partial charge in [0.25, 0.3) is 0 Å². The molecule has 3 rings (SSSR count). The molecule has 2 aromatic heterocycles. The Bertz CT molecular complexity index is 1000. The molecule has 154 valence electrons. The first-order valence-corrected chi connectivity index (χ1v) is 9.82. The number of hydrogen-bond donors (Lipinski definition) is 3. The fraction of sp³-hybridized carbons (Fsp3) is 0.217. The lowest BCUT2D eigenvalue weighted by Gasteiger charge is -2.13. The van der Waals surface area contributed by atoms with E-state index < -0.39 is 11.8 Å². The maximum atomic E-state index is 12.1. The van der Waals surface area contributed by atoms with Crippen LogP contribution in [0.5, 0.6) is 0 Å². The third-order valence-electron chi connectivity index (χ3n) is 4.77. The molecule has 0 aliphatic rings. The fourth-order valence-corrected chi connectivity index (χ4v) is 2.93. The van der Waals surface area contributed by atoms with Crippen molar-refractivity contribution in [1.82, 2.24) is 10.7 Å². The first-order valence-electron chi connectivity index (χ1n) is 9.82. The van der Waals surface area contributed by atoms with E-state index >= 15 is 0 Å². The Morgan fingerprint density at radius 1 is 0.767 bits per heavy atom. The van der Waals surface area contributed by atoms with E-state index in [2.05, 4.69) is 28.3 Å². The van der Waals surface area contributed by atoms with Crippen molar-refractivity contribution in [2.45, 2.75) is 19.4 Å². The van der Waals surface area contributed by atoms with Gasteiger partial charge in [0.15, 0.2) is 24.8 Å². The summed E-state index contributed by atoms with van der Waals surface area (Å²) in [6.45, 7) is 0.290. The van der Waals surface area contributed by atoms with Gasteiger partial charge < -0.3 is 5.32 Å². The van der Waals surface area contributed by atoms with Crippen LogP contribution in [0.25, 0.3) is 0 Å². The zero-order valence-electron chi connectivity index (χ0n) is 17.3. The van der Waals surface area contributed by atoms with Crippen LogP contribution < -0.4 is 25.3 Å². The molecular weight excluding hydrogens is 378 g/mol. The fourth-order valence-electron chi connectivity index (χ4n) is 2.93. The zero-order valence-corrected chi connectivity index (χ0v) is 17.3. The van der Waals surface area contributed by atoms with Crippen LogP contribution in [0.1, 0.15) is 16.7 Å². The summed E-state index contributed by atoms with van der Waals surface area (Å²) >= 11 is 0. The molecule has 2 heterocycles. The lowest BCUT2D eigenvalue weighted by atomic mass is 10.0. The molecule has 0 saturated carbocycles. The average molecular weight is 406 g/mol. The number of para-hydroxylation sites is 1. The van der Waals surface area contributed by atoms with Gasteiger partial charge in [0.2, 0.25) is 0 Å². The number of carbonyl (C=O) groups excluding carboxylic acids is 2. The normalized spacial score (nSPS) is 10.3. The summed E-state index contributed by atoms with van der Waals surface area (Å²) in [6.07, 6.45) is 9.50. The van der Waals surface area contributed by atoms with Gasteiger partial charge in [-0.15, -0.1) is 0 Å². The highest BCUT2D eigenvalue weighted by molar-refractivity contribution is 6.35. The zero-order chi connectivity index (χ0) is 21.3. The van der Waals surface area contributed by atoms with Gasteiger partial charge in [-0.2, -0.15) is 0 Å². The predicted molar refractivity (Wildman–Crippen MR) is 113 cm³/mol. The van der Waals surface area contributed by atoms with E-state index in [1.54, 1.807) is 0 Å². The molecule has 0 unspecified atom stereocenters. The van der Waals surface area contributed by atoms with Gasteiger partial charge in [-0.25, -0.2) is 9.13 Å². The van der Waals surface area contributed by atoms with Crippen LogP contribution in [0.15, 0.2) is 73.3 Å². The number of aryl methyl sites for hydroxylation is 4. The number of anilines is 1.